The number of methoxy groups -OCH3 is 2. The van der Waals surface area contributed by atoms with Gasteiger partial charge in [-0.1, -0.05) is 66.7 Å². The Bertz CT molecular complexity index is 1510. The van der Waals surface area contributed by atoms with Crippen molar-refractivity contribution >= 4 is 23.1 Å². The first-order valence-electron chi connectivity index (χ1n) is 12.4. The van der Waals surface area contributed by atoms with Crippen molar-refractivity contribution < 1.29 is 28.9 Å². The molecular weight excluding hydrogens is 494 g/mol. The van der Waals surface area contributed by atoms with E-state index in [0.717, 1.165) is 5.56 Å². The largest absolute Gasteiger partial charge is 0.506 e. The third-order valence-electron chi connectivity index (χ3n) is 6.57. The molecule has 7 heteroatoms. The number of carbonyl (C=O) groups excluding carboxylic acids is 2. The number of hydrogen-bond acceptors (Lipinski definition) is 6. The minimum absolute atomic E-state index is 0.0770. The molecule has 0 radical (unpaired) electrons. The van der Waals surface area contributed by atoms with Crippen LogP contribution in [0.25, 0.3) is 5.76 Å². The molecule has 1 N–H and O–H groups in total. The van der Waals surface area contributed by atoms with Gasteiger partial charge in [-0.05, 0) is 47.5 Å². The smallest absolute Gasteiger partial charge is 0.300 e. The van der Waals surface area contributed by atoms with E-state index in [-0.39, 0.29) is 16.9 Å². The van der Waals surface area contributed by atoms with E-state index in [1.54, 1.807) is 60.7 Å². The van der Waals surface area contributed by atoms with Crippen molar-refractivity contribution in [2.45, 2.75) is 12.6 Å². The number of ether oxygens (including phenoxy) is 3. The van der Waals surface area contributed by atoms with Crippen molar-refractivity contribution in [3.05, 3.63) is 125 Å². The van der Waals surface area contributed by atoms with Crippen LogP contribution in [0, 0.1) is 0 Å². The standard InChI is InChI=1S/C32H27NO6/c1-37-25-17-10-18-26(38-2)27(25)30(34)28-29(33(32(36)31(28)35)23-14-7-4-8-15-23)22-13-9-16-24(19-22)39-20-21-11-5-3-6-12-21/h3-19,29,34H,20H2,1-2H3/b30-28+. The maximum absolute atomic E-state index is 13.6. The Balaban J connectivity index is 1.66. The Morgan fingerprint density at radius 1 is 0.795 bits per heavy atom. The maximum Gasteiger partial charge on any atom is 0.300 e. The van der Waals surface area contributed by atoms with E-state index in [4.69, 9.17) is 14.2 Å². The zero-order valence-corrected chi connectivity index (χ0v) is 21.5. The normalized spacial score (nSPS) is 16.3. The zero-order chi connectivity index (χ0) is 27.4. The minimum atomic E-state index is -0.928. The van der Waals surface area contributed by atoms with Crippen molar-refractivity contribution in [3.8, 4) is 17.2 Å². The molecule has 1 aliphatic rings. The van der Waals surface area contributed by atoms with Crippen molar-refractivity contribution in [1.29, 1.82) is 0 Å². The SMILES string of the molecule is COc1cccc(OC)c1/C(O)=C1\C(=O)C(=O)N(c2ccccc2)C1c1cccc(OCc2ccccc2)c1. The van der Waals surface area contributed by atoms with Crippen LogP contribution in [0.5, 0.6) is 17.2 Å². The van der Waals surface area contributed by atoms with Gasteiger partial charge in [-0.25, -0.2) is 0 Å². The van der Waals surface area contributed by atoms with Crippen LogP contribution in [-0.2, 0) is 16.2 Å². The number of para-hydroxylation sites is 1. The second-order valence-electron chi connectivity index (χ2n) is 8.89. The molecule has 7 nitrogen and oxygen atoms in total. The number of aliphatic hydroxyl groups is 1. The Labute approximate surface area is 226 Å². The van der Waals surface area contributed by atoms with Crippen molar-refractivity contribution in [1.82, 2.24) is 0 Å². The van der Waals surface area contributed by atoms with E-state index in [1.807, 2.05) is 42.5 Å². The number of Topliss-reactive ketones (excluding diaryl/α,β-unsaturated/α-hetero) is 1. The number of aliphatic hydroxyl groups excluding tert-OH is 1. The number of hydrogen-bond donors (Lipinski definition) is 1. The number of benzene rings is 4. The van der Waals surface area contributed by atoms with E-state index < -0.39 is 17.7 Å². The Morgan fingerprint density at radius 3 is 2.05 bits per heavy atom. The fourth-order valence-corrected chi connectivity index (χ4v) is 4.74. The van der Waals surface area contributed by atoms with Gasteiger partial charge in [-0.15, -0.1) is 0 Å². The fourth-order valence-electron chi connectivity index (χ4n) is 4.74. The third-order valence-corrected chi connectivity index (χ3v) is 6.57. The molecule has 1 fully saturated rings. The summed E-state index contributed by atoms with van der Waals surface area (Å²) >= 11 is 0. The second-order valence-corrected chi connectivity index (χ2v) is 8.89. The van der Waals surface area contributed by atoms with Crippen LogP contribution in [0.3, 0.4) is 0 Å². The van der Waals surface area contributed by atoms with Gasteiger partial charge in [-0.2, -0.15) is 0 Å². The van der Waals surface area contributed by atoms with Gasteiger partial charge in [0.1, 0.15) is 35.2 Å². The van der Waals surface area contributed by atoms with Gasteiger partial charge in [0.25, 0.3) is 11.7 Å². The molecule has 4 aromatic carbocycles. The summed E-state index contributed by atoms with van der Waals surface area (Å²) in [5, 5.41) is 11.6. The Kier molecular flexibility index (Phi) is 7.32. The monoisotopic (exact) mass is 521 g/mol. The highest BCUT2D eigenvalue weighted by atomic mass is 16.5. The van der Waals surface area contributed by atoms with Crippen molar-refractivity contribution in [3.63, 3.8) is 0 Å². The molecule has 0 bridgehead atoms. The van der Waals surface area contributed by atoms with E-state index in [1.165, 1.54) is 19.1 Å². The molecule has 5 rings (SSSR count). The van der Waals surface area contributed by atoms with Gasteiger partial charge in [0, 0.05) is 5.69 Å². The molecule has 1 saturated heterocycles. The van der Waals surface area contributed by atoms with Gasteiger partial charge in [0.15, 0.2) is 0 Å². The topological polar surface area (TPSA) is 85.3 Å². The first kappa shape index (κ1) is 25.6. The second kappa shape index (κ2) is 11.1. The number of nitrogens with zero attached hydrogens (tertiary/aromatic N) is 1. The number of rotatable bonds is 8. The van der Waals surface area contributed by atoms with Crippen molar-refractivity contribution in [2.75, 3.05) is 19.1 Å². The van der Waals surface area contributed by atoms with Gasteiger partial charge < -0.3 is 19.3 Å². The molecule has 1 aliphatic heterocycles. The molecule has 196 valence electrons. The van der Waals surface area contributed by atoms with Crippen LogP contribution in [-0.4, -0.2) is 31.0 Å². The predicted molar refractivity (Wildman–Crippen MR) is 148 cm³/mol. The molecule has 1 unspecified atom stereocenters. The lowest BCUT2D eigenvalue weighted by Gasteiger charge is -2.26. The van der Waals surface area contributed by atoms with Crippen molar-refractivity contribution in [2.24, 2.45) is 0 Å². The van der Waals surface area contributed by atoms with Gasteiger partial charge in [0.05, 0.1) is 25.8 Å². The number of ketones is 1. The van der Waals surface area contributed by atoms with E-state index in [0.29, 0.717) is 35.1 Å². The number of amides is 1. The predicted octanol–water partition coefficient (Wildman–Crippen LogP) is 5.91. The summed E-state index contributed by atoms with van der Waals surface area (Å²) in [5.41, 5.74) is 2.23. The van der Waals surface area contributed by atoms with Crippen LogP contribution in [0.1, 0.15) is 22.7 Å². The van der Waals surface area contributed by atoms with E-state index in [2.05, 4.69) is 0 Å². The van der Waals surface area contributed by atoms with Crippen LogP contribution in [0.15, 0.2) is 109 Å². The number of carbonyl (C=O) groups is 2. The summed E-state index contributed by atoms with van der Waals surface area (Å²) in [4.78, 5) is 28.4. The summed E-state index contributed by atoms with van der Waals surface area (Å²) in [6.07, 6.45) is 0. The van der Waals surface area contributed by atoms with Gasteiger partial charge in [-0.3, -0.25) is 14.5 Å². The van der Waals surface area contributed by atoms with Crippen LogP contribution in [0.2, 0.25) is 0 Å². The highest BCUT2D eigenvalue weighted by molar-refractivity contribution is 6.51. The quantitative estimate of drug-likeness (QED) is 0.176. The van der Waals surface area contributed by atoms with E-state index in [9.17, 15) is 14.7 Å². The molecule has 1 heterocycles. The highest BCUT2D eigenvalue weighted by Gasteiger charge is 2.47. The summed E-state index contributed by atoms with van der Waals surface area (Å²) in [5.74, 6) is -0.790. The maximum atomic E-state index is 13.6. The van der Waals surface area contributed by atoms with Crippen LogP contribution in [0.4, 0.5) is 5.69 Å². The summed E-state index contributed by atoms with van der Waals surface area (Å²) in [7, 11) is 2.91. The minimum Gasteiger partial charge on any atom is -0.506 e. The molecule has 4 aromatic rings. The average Bonchev–Trinajstić information content (AvgIpc) is 3.26. The molecule has 0 saturated carbocycles. The van der Waals surface area contributed by atoms with Crippen LogP contribution < -0.4 is 19.1 Å². The first-order valence-corrected chi connectivity index (χ1v) is 12.4. The summed E-state index contributed by atoms with van der Waals surface area (Å²) in [6, 6.07) is 29.9. The van der Waals surface area contributed by atoms with Crippen LogP contribution >= 0.6 is 0 Å². The molecular formula is C32H27NO6. The lowest BCUT2D eigenvalue weighted by atomic mass is 9.94. The fraction of sp³-hybridized carbons (Fsp3) is 0.125. The van der Waals surface area contributed by atoms with Gasteiger partial charge in [0.2, 0.25) is 0 Å². The Morgan fingerprint density at radius 2 is 1.41 bits per heavy atom. The molecule has 39 heavy (non-hydrogen) atoms. The summed E-state index contributed by atoms with van der Waals surface area (Å²) < 4.78 is 17.0. The molecule has 1 atom stereocenters. The molecule has 1 amide bonds. The average molecular weight is 522 g/mol. The molecule has 0 aliphatic carbocycles. The Hall–Kier alpha value is -5.04. The third kappa shape index (κ3) is 4.94. The van der Waals surface area contributed by atoms with E-state index >= 15 is 0 Å². The zero-order valence-electron chi connectivity index (χ0n) is 21.5. The summed E-state index contributed by atoms with van der Waals surface area (Å²) in [6.45, 7) is 0.349. The molecule has 0 spiro atoms. The molecule has 0 aromatic heterocycles. The lowest BCUT2D eigenvalue weighted by molar-refractivity contribution is -0.132. The van der Waals surface area contributed by atoms with Gasteiger partial charge >= 0.3 is 0 Å². The lowest BCUT2D eigenvalue weighted by Crippen LogP contribution is -2.29. The first-order chi connectivity index (χ1) is 19.0. The highest BCUT2D eigenvalue weighted by Crippen LogP contribution is 2.45. The number of anilines is 1.